The molecule has 0 radical (unpaired) electrons. The van der Waals surface area contributed by atoms with E-state index < -0.39 is 12.8 Å². The Bertz CT molecular complexity index is 249. The summed E-state index contributed by atoms with van der Waals surface area (Å²) in [4.78, 5) is 1.74. The number of alkyl halides is 1. The molecule has 11 heavy (non-hydrogen) atoms. The van der Waals surface area contributed by atoms with Crippen LogP contribution in [0.4, 0.5) is 4.39 Å². The Balaban J connectivity index is 2.93. The molecule has 0 fully saturated rings. The van der Waals surface area contributed by atoms with E-state index in [0.717, 1.165) is 9.35 Å². The highest BCUT2D eigenvalue weighted by Crippen LogP contribution is 2.32. The molecule has 0 amide bonds. The first-order valence-electron chi connectivity index (χ1n) is 3.15. The normalized spacial score (nSPS) is 13.5. The van der Waals surface area contributed by atoms with Gasteiger partial charge >= 0.3 is 0 Å². The van der Waals surface area contributed by atoms with Crippen LogP contribution in [-0.4, -0.2) is 11.8 Å². The van der Waals surface area contributed by atoms with E-state index in [-0.39, 0.29) is 0 Å². The zero-order valence-corrected chi connectivity index (χ0v) is 8.38. The Morgan fingerprint density at radius 2 is 2.45 bits per heavy atom. The fraction of sp³-hybridized carbons (Fsp3) is 0.429. The van der Waals surface area contributed by atoms with Crippen molar-refractivity contribution in [3.8, 4) is 0 Å². The van der Waals surface area contributed by atoms with Gasteiger partial charge in [0.25, 0.3) is 0 Å². The summed E-state index contributed by atoms with van der Waals surface area (Å²) < 4.78 is 12.8. The standard InChI is InChI=1S/C7H8BrFOS/c1-4-2-5(8)7(11-4)6(10)3-9/h2,6,10H,3H2,1H3. The molecule has 0 saturated heterocycles. The van der Waals surface area contributed by atoms with Crippen LogP contribution in [0.25, 0.3) is 0 Å². The fourth-order valence-corrected chi connectivity index (χ4v) is 2.68. The number of hydrogen-bond acceptors (Lipinski definition) is 2. The Labute approximate surface area is 77.0 Å². The predicted octanol–water partition coefficient (Wildman–Crippen LogP) is 2.82. The summed E-state index contributed by atoms with van der Waals surface area (Å²) in [7, 11) is 0. The summed E-state index contributed by atoms with van der Waals surface area (Å²) in [5.41, 5.74) is 0. The molecular weight excluding hydrogens is 231 g/mol. The second-order valence-electron chi connectivity index (χ2n) is 2.24. The monoisotopic (exact) mass is 238 g/mol. The van der Waals surface area contributed by atoms with Crippen molar-refractivity contribution in [2.45, 2.75) is 13.0 Å². The van der Waals surface area contributed by atoms with Gasteiger partial charge < -0.3 is 5.11 Å². The van der Waals surface area contributed by atoms with E-state index in [0.29, 0.717) is 4.88 Å². The second kappa shape index (κ2) is 3.65. The van der Waals surface area contributed by atoms with Gasteiger partial charge in [-0.2, -0.15) is 0 Å². The largest absolute Gasteiger partial charge is 0.385 e. The Morgan fingerprint density at radius 1 is 1.82 bits per heavy atom. The Morgan fingerprint density at radius 3 is 2.82 bits per heavy atom. The smallest absolute Gasteiger partial charge is 0.120 e. The molecule has 0 spiro atoms. The molecule has 0 bridgehead atoms. The predicted molar refractivity (Wildman–Crippen MR) is 47.7 cm³/mol. The third-order valence-electron chi connectivity index (χ3n) is 1.29. The molecule has 0 aliphatic heterocycles. The van der Waals surface area contributed by atoms with Gasteiger partial charge in [0, 0.05) is 9.35 Å². The molecule has 0 aromatic carbocycles. The van der Waals surface area contributed by atoms with Crippen molar-refractivity contribution < 1.29 is 9.50 Å². The highest BCUT2D eigenvalue weighted by Gasteiger charge is 2.13. The van der Waals surface area contributed by atoms with Gasteiger partial charge in [0.15, 0.2) is 0 Å². The van der Waals surface area contributed by atoms with Gasteiger partial charge in [-0.05, 0) is 28.9 Å². The van der Waals surface area contributed by atoms with E-state index >= 15 is 0 Å². The number of halogens is 2. The zero-order valence-electron chi connectivity index (χ0n) is 5.97. The SMILES string of the molecule is Cc1cc(Br)c(C(O)CF)s1. The molecule has 1 heterocycles. The first-order chi connectivity index (χ1) is 5.15. The van der Waals surface area contributed by atoms with Crippen molar-refractivity contribution in [1.82, 2.24) is 0 Å². The quantitative estimate of drug-likeness (QED) is 0.841. The van der Waals surface area contributed by atoms with Crippen molar-refractivity contribution in [3.63, 3.8) is 0 Å². The maximum absolute atomic E-state index is 12.0. The highest BCUT2D eigenvalue weighted by atomic mass is 79.9. The van der Waals surface area contributed by atoms with Crippen LogP contribution in [0.3, 0.4) is 0 Å². The summed E-state index contributed by atoms with van der Waals surface area (Å²) in [5.74, 6) is 0. The average molecular weight is 239 g/mol. The van der Waals surface area contributed by atoms with Crippen LogP contribution < -0.4 is 0 Å². The summed E-state index contributed by atoms with van der Waals surface area (Å²) in [6, 6.07) is 1.87. The highest BCUT2D eigenvalue weighted by molar-refractivity contribution is 9.10. The summed E-state index contributed by atoms with van der Waals surface area (Å²) in [5, 5.41) is 9.13. The van der Waals surface area contributed by atoms with E-state index in [1.54, 1.807) is 0 Å². The molecule has 4 heteroatoms. The van der Waals surface area contributed by atoms with E-state index in [1.165, 1.54) is 11.3 Å². The number of aliphatic hydroxyl groups excluding tert-OH is 1. The molecule has 1 nitrogen and oxygen atoms in total. The second-order valence-corrected chi connectivity index (χ2v) is 4.38. The van der Waals surface area contributed by atoms with Crippen molar-refractivity contribution >= 4 is 27.3 Å². The molecule has 62 valence electrons. The Kier molecular flexibility index (Phi) is 3.04. The van der Waals surface area contributed by atoms with Crippen LogP contribution in [0.2, 0.25) is 0 Å². The molecule has 0 saturated carbocycles. The molecule has 0 aliphatic rings. The van der Waals surface area contributed by atoms with Crippen LogP contribution in [-0.2, 0) is 0 Å². The van der Waals surface area contributed by atoms with Gasteiger partial charge in [-0.1, -0.05) is 0 Å². The third kappa shape index (κ3) is 2.01. The number of aliphatic hydroxyl groups is 1. The minimum Gasteiger partial charge on any atom is -0.385 e. The lowest BCUT2D eigenvalue weighted by atomic mass is 10.3. The zero-order chi connectivity index (χ0) is 8.43. The van der Waals surface area contributed by atoms with Gasteiger partial charge in [-0.15, -0.1) is 11.3 Å². The van der Waals surface area contributed by atoms with Crippen LogP contribution in [0, 0.1) is 6.92 Å². The topological polar surface area (TPSA) is 20.2 Å². The Hall–Kier alpha value is 0.0700. The van der Waals surface area contributed by atoms with Crippen molar-refractivity contribution in [1.29, 1.82) is 0 Å². The van der Waals surface area contributed by atoms with Crippen molar-refractivity contribution in [2.24, 2.45) is 0 Å². The van der Waals surface area contributed by atoms with Crippen LogP contribution >= 0.6 is 27.3 Å². The van der Waals surface area contributed by atoms with Gasteiger partial charge in [-0.25, -0.2) is 4.39 Å². The van der Waals surface area contributed by atoms with Gasteiger partial charge in [-0.3, -0.25) is 0 Å². The average Bonchev–Trinajstić information content (AvgIpc) is 2.28. The van der Waals surface area contributed by atoms with E-state index in [1.807, 2.05) is 13.0 Å². The lowest BCUT2D eigenvalue weighted by Crippen LogP contribution is -1.96. The molecular formula is C7H8BrFOS. The number of aryl methyl sites for hydroxylation is 1. The lowest BCUT2D eigenvalue weighted by Gasteiger charge is -2.01. The van der Waals surface area contributed by atoms with Crippen molar-refractivity contribution in [3.05, 3.63) is 20.3 Å². The minimum atomic E-state index is -0.969. The summed E-state index contributed by atoms with van der Waals surface area (Å²) >= 11 is 4.65. The maximum Gasteiger partial charge on any atom is 0.120 e. The molecule has 1 N–H and O–H groups in total. The lowest BCUT2D eigenvalue weighted by molar-refractivity contribution is 0.144. The number of thiophene rings is 1. The summed E-state index contributed by atoms with van der Waals surface area (Å²) in [6.45, 7) is 1.20. The van der Waals surface area contributed by atoms with Gasteiger partial charge in [0.1, 0.15) is 12.8 Å². The van der Waals surface area contributed by atoms with Crippen LogP contribution in [0.1, 0.15) is 15.9 Å². The van der Waals surface area contributed by atoms with E-state index in [9.17, 15) is 4.39 Å². The molecule has 1 unspecified atom stereocenters. The fourth-order valence-electron chi connectivity index (χ4n) is 0.798. The third-order valence-corrected chi connectivity index (χ3v) is 3.36. The molecule has 1 aromatic heterocycles. The first-order valence-corrected chi connectivity index (χ1v) is 4.76. The maximum atomic E-state index is 12.0. The molecule has 1 atom stereocenters. The van der Waals surface area contributed by atoms with Crippen LogP contribution in [0.15, 0.2) is 10.5 Å². The minimum absolute atomic E-state index is 0.671. The number of hydrogen-bond donors (Lipinski definition) is 1. The molecule has 1 aromatic rings. The van der Waals surface area contributed by atoms with E-state index in [4.69, 9.17) is 5.11 Å². The van der Waals surface area contributed by atoms with Crippen molar-refractivity contribution in [2.75, 3.05) is 6.67 Å². The first kappa shape index (κ1) is 9.16. The number of rotatable bonds is 2. The van der Waals surface area contributed by atoms with Gasteiger partial charge in [0.05, 0.1) is 4.88 Å². The van der Waals surface area contributed by atoms with Gasteiger partial charge in [0.2, 0.25) is 0 Å². The molecule has 1 rings (SSSR count). The molecule has 0 aliphatic carbocycles. The van der Waals surface area contributed by atoms with E-state index in [2.05, 4.69) is 15.9 Å². The summed E-state index contributed by atoms with van der Waals surface area (Å²) in [6.07, 6.45) is -0.969. The van der Waals surface area contributed by atoms with Crippen LogP contribution in [0.5, 0.6) is 0 Å².